The molecule has 7 heteroatoms. The van der Waals surface area contributed by atoms with Gasteiger partial charge >= 0.3 is 0 Å². The first kappa shape index (κ1) is 19.3. The molecule has 0 bridgehead atoms. The summed E-state index contributed by atoms with van der Waals surface area (Å²) in [4.78, 5) is 26.1. The molecule has 0 spiro atoms. The third-order valence-corrected chi connectivity index (χ3v) is 5.21. The smallest absolute Gasteiger partial charge is 0.248 e. The van der Waals surface area contributed by atoms with Gasteiger partial charge in [-0.1, -0.05) is 35.3 Å². The molecule has 1 saturated heterocycles. The summed E-state index contributed by atoms with van der Waals surface area (Å²) in [7, 11) is 0. The zero-order chi connectivity index (χ0) is 19.4. The second kappa shape index (κ2) is 8.46. The first-order chi connectivity index (χ1) is 13.0. The predicted octanol–water partition coefficient (Wildman–Crippen LogP) is 4.34. The Balaban J connectivity index is 1.83. The highest BCUT2D eigenvalue weighted by Crippen LogP contribution is 2.30. The van der Waals surface area contributed by atoms with Crippen molar-refractivity contribution in [2.45, 2.75) is 12.8 Å². The second-order valence-corrected chi connectivity index (χ2v) is 7.04. The van der Waals surface area contributed by atoms with Crippen molar-refractivity contribution in [3.63, 3.8) is 0 Å². The summed E-state index contributed by atoms with van der Waals surface area (Å²) in [6, 6.07) is 10.3. The summed E-state index contributed by atoms with van der Waals surface area (Å²) in [6.45, 7) is 1.82. The summed E-state index contributed by atoms with van der Waals surface area (Å²) < 4.78 is 0. The highest BCUT2D eigenvalue weighted by Gasteiger charge is 2.18. The molecule has 5 nitrogen and oxygen atoms in total. The van der Waals surface area contributed by atoms with Crippen LogP contribution in [-0.4, -0.2) is 24.9 Å². The van der Waals surface area contributed by atoms with E-state index in [9.17, 15) is 9.59 Å². The highest BCUT2D eigenvalue weighted by molar-refractivity contribution is 6.42. The lowest BCUT2D eigenvalue weighted by molar-refractivity contribution is -0.111. The van der Waals surface area contributed by atoms with E-state index in [4.69, 9.17) is 28.9 Å². The van der Waals surface area contributed by atoms with Crippen LogP contribution in [0.3, 0.4) is 0 Å². The summed E-state index contributed by atoms with van der Waals surface area (Å²) in [5.74, 6) is -0.882. The number of rotatable bonds is 5. The summed E-state index contributed by atoms with van der Waals surface area (Å²) in [6.07, 6.45) is 5.16. The Hall–Kier alpha value is -2.50. The maximum atomic E-state index is 12.4. The molecule has 2 aromatic rings. The molecule has 1 heterocycles. The number of hydrogen-bond donors (Lipinski definition) is 2. The summed E-state index contributed by atoms with van der Waals surface area (Å²) >= 11 is 12.1. The Morgan fingerprint density at radius 3 is 2.56 bits per heavy atom. The SMILES string of the molecule is NC(=O)c1ccc(N2CCCC2)c(NC(=O)/C=C/c2cccc(Cl)c2Cl)c1. The quantitative estimate of drug-likeness (QED) is 0.728. The van der Waals surface area contributed by atoms with Crippen LogP contribution in [0.15, 0.2) is 42.5 Å². The van der Waals surface area contributed by atoms with Gasteiger partial charge in [-0.2, -0.15) is 0 Å². The molecule has 140 valence electrons. The first-order valence-electron chi connectivity index (χ1n) is 8.57. The number of carbonyl (C=O) groups excluding carboxylic acids is 2. The monoisotopic (exact) mass is 403 g/mol. The van der Waals surface area contributed by atoms with E-state index in [0.717, 1.165) is 31.6 Å². The van der Waals surface area contributed by atoms with E-state index in [-0.39, 0.29) is 5.91 Å². The lowest BCUT2D eigenvalue weighted by atomic mass is 10.1. The Labute approximate surface area is 167 Å². The van der Waals surface area contributed by atoms with Crippen LogP contribution < -0.4 is 16.0 Å². The fourth-order valence-corrected chi connectivity index (χ4v) is 3.38. The first-order valence-corrected chi connectivity index (χ1v) is 9.33. The number of halogens is 2. The average Bonchev–Trinajstić information content (AvgIpc) is 3.17. The van der Waals surface area contributed by atoms with Crippen molar-refractivity contribution in [2.24, 2.45) is 5.73 Å². The van der Waals surface area contributed by atoms with E-state index in [1.807, 2.05) is 6.07 Å². The van der Waals surface area contributed by atoms with E-state index in [1.165, 1.54) is 6.08 Å². The van der Waals surface area contributed by atoms with Gasteiger partial charge in [0.05, 0.1) is 21.4 Å². The molecule has 2 amide bonds. The predicted molar refractivity (Wildman–Crippen MR) is 111 cm³/mol. The largest absolute Gasteiger partial charge is 0.370 e. The number of primary amides is 1. The van der Waals surface area contributed by atoms with Gasteiger partial charge in [0, 0.05) is 24.7 Å². The number of benzene rings is 2. The average molecular weight is 404 g/mol. The molecular weight excluding hydrogens is 385 g/mol. The van der Waals surface area contributed by atoms with Crippen molar-refractivity contribution in [2.75, 3.05) is 23.3 Å². The Morgan fingerprint density at radius 2 is 1.85 bits per heavy atom. The number of nitrogens with one attached hydrogen (secondary N) is 1. The zero-order valence-corrected chi connectivity index (χ0v) is 16.1. The van der Waals surface area contributed by atoms with Crippen molar-refractivity contribution in [1.82, 2.24) is 0 Å². The maximum Gasteiger partial charge on any atom is 0.248 e. The van der Waals surface area contributed by atoms with Gasteiger partial charge in [0.2, 0.25) is 11.8 Å². The van der Waals surface area contributed by atoms with Gasteiger partial charge in [-0.25, -0.2) is 0 Å². The number of anilines is 2. The van der Waals surface area contributed by atoms with Crippen LogP contribution in [0.5, 0.6) is 0 Å². The van der Waals surface area contributed by atoms with Gasteiger partial charge in [0.15, 0.2) is 0 Å². The minimum atomic E-state index is -0.542. The third-order valence-electron chi connectivity index (χ3n) is 4.38. The fraction of sp³-hybridized carbons (Fsp3) is 0.200. The van der Waals surface area contributed by atoms with E-state index in [0.29, 0.717) is 26.9 Å². The molecule has 0 unspecified atom stereocenters. The van der Waals surface area contributed by atoms with Crippen molar-refractivity contribution in [1.29, 1.82) is 0 Å². The van der Waals surface area contributed by atoms with Crippen LogP contribution in [-0.2, 0) is 4.79 Å². The maximum absolute atomic E-state index is 12.4. The lowest BCUT2D eigenvalue weighted by Crippen LogP contribution is -2.21. The summed E-state index contributed by atoms with van der Waals surface area (Å²) in [5, 5.41) is 3.64. The van der Waals surface area contributed by atoms with Gasteiger partial charge in [-0.05, 0) is 48.7 Å². The number of hydrogen-bond acceptors (Lipinski definition) is 3. The molecule has 0 atom stereocenters. The molecule has 2 aromatic carbocycles. The van der Waals surface area contributed by atoms with Crippen molar-refractivity contribution in [3.8, 4) is 0 Å². The van der Waals surface area contributed by atoms with Crippen molar-refractivity contribution < 1.29 is 9.59 Å². The molecule has 0 radical (unpaired) electrons. The zero-order valence-electron chi connectivity index (χ0n) is 14.5. The number of amides is 2. The number of nitrogens with two attached hydrogens (primary N) is 1. The second-order valence-electron chi connectivity index (χ2n) is 6.26. The van der Waals surface area contributed by atoms with E-state index < -0.39 is 5.91 Å². The number of carbonyl (C=O) groups is 2. The molecule has 3 rings (SSSR count). The Kier molecular flexibility index (Phi) is 6.04. The van der Waals surface area contributed by atoms with E-state index >= 15 is 0 Å². The number of nitrogens with zero attached hydrogens (tertiary/aromatic N) is 1. The molecule has 0 aliphatic carbocycles. The molecule has 27 heavy (non-hydrogen) atoms. The topological polar surface area (TPSA) is 75.4 Å². The molecule has 1 aliphatic heterocycles. The normalized spacial score (nSPS) is 13.9. The van der Waals surface area contributed by atoms with Gasteiger partial charge in [-0.15, -0.1) is 0 Å². The molecule has 1 aliphatic rings. The minimum Gasteiger partial charge on any atom is -0.370 e. The highest BCUT2D eigenvalue weighted by atomic mass is 35.5. The molecule has 0 saturated carbocycles. The van der Waals surface area contributed by atoms with Gasteiger partial charge in [-0.3, -0.25) is 9.59 Å². The van der Waals surface area contributed by atoms with E-state index in [1.54, 1.807) is 36.4 Å². The Bertz CT molecular complexity index is 906. The summed E-state index contributed by atoms with van der Waals surface area (Å²) in [5.41, 5.74) is 7.79. The molecule has 0 aromatic heterocycles. The van der Waals surface area contributed by atoms with Crippen LogP contribution in [0.25, 0.3) is 6.08 Å². The third kappa shape index (κ3) is 4.62. The molecular formula is C20H19Cl2N3O2. The Morgan fingerprint density at radius 1 is 1.11 bits per heavy atom. The fourth-order valence-electron chi connectivity index (χ4n) is 3.01. The van der Waals surface area contributed by atoms with Crippen molar-refractivity contribution in [3.05, 3.63) is 63.6 Å². The van der Waals surface area contributed by atoms with Crippen LogP contribution in [0, 0.1) is 0 Å². The van der Waals surface area contributed by atoms with Crippen molar-refractivity contribution >= 4 is 52.5 Å². The van der Waals surface area contributed by atoms with Crippen LogP contribution in [0.4, 0.5) is 11.4 Å². The van der Waals surface area contributed by atoms with Gasteiger partial charge < -0.3 is 16.0 Å². The van der Waals surface area contributed by atoms with E-state index in [2.05, 4.69) is 10.2 Å². The standard InChI is InChI=1S/C20H19Cl2N3O2/c21-15-5-3-4-13(19(15)22)7-9-18(26)24-16-12-14(20(23)27)6-8-17(16)25-10-1-2-11-25/h3-9,12H,1-2,10-11H2,(H2,23,27)(H,24,26)/b9-7+. The van der Waals surface area contributed by atoms with Gasteiger partial charge in [0.1, 0.15) is 0 Å². The van der Waals surface area contributed by atoms with Crippen LogP contribution >= 0.6 is 23.2 Å². The minimum absolute atomic E-state index is 0.340. The molecule has 1 fully saturated rings. The molecule has 3 N–H and O–H groups in total. The van der Waals surface area contributed by atoms with Crippen LogP contribution in [0.1, 0.15) is 28.8 Å². The lowest BCUT2D eigenvalue weighted by Gasteiger charge is -2.21. The van der Waals surface area contributed by atoms with Crippen LogP contribution in [0.2, 0.25) is 10.0 Å². The van der Waals surface area contributed by atoms with Gasteiger partial charge in [0.25, 0.3) is 0 Å².